The van der Waals surface area contributed by atoms with Crippen LogP contribution in [0.2, 0.25) is 0 Å². The van der Waals surface area contributed by atoms with Crippen LogP contribution in [0.4, 0.5) is 0 Å². The van der Waals surface area contributed by atoms with Crippen molar-refractivity contribution in [1.82, 2.24) is 0 Å². The van der Waals surface area contributed by atoms with E-state index in [0.29, 0.717) is 19.8 Å². The number of hydrogen-bond acceptors (Lipinski definition) is 6. The Hall–Kier alpha value is -1.76. The van der Waals surface area contributed by atoms with Gasteiger partial charge in [-0.2, -0.15) is 0 Å². The Labute approximate surface area is 203 Å². The first kappa shape index (κ1) is 24.4. The van der Waals surface area contributed by atoms with Gasteiger partial charge in [0, 0.05) is 4.47 Å². The van der Waals surface area contributed by atoms with E-state index in [9.17, 15) is 0 Å². The lowest BCUT2D eigenvalue weighted by molar-refractivity contribution is -0.236. The van der Waals surface area contributed by atoms with Crippen LogP contribution < -0.4 is 0 Å². The van der Waals surface area contributed by atoms with E-state index in [0.717, 1.165) is 15.6 Å². The van der Waals surface area contributed by atoms with Crippen LogP contribution in [0, 0.1) is 12.3 Å². The number of hydrogen-bond donors (Lipinski definition) is 0. The van der Waals surface area contributed by atoms with Crippen LogP contribution in [0.3, 0.4) is 0 Å². The minimum Gasteiger partial charge on any atom is -0.374 e. The predicted octanol–water partition coefficient (Wildman–Crippen LogP) is 4.45. The van der Waals surface area contributed by atoms with E-state index >= 15 is 0 Å². The molecule has 0 radical (unpaired) electrons. The van der Waals surface area contributed by atoms with E-state index in [1.165, 1.54) is 0 Å². The first-order chi connectivity index (χ1) is 16.0. The molecule has 2 heterocycles. The fourth-order valence-electron chi connectivity index (χ4n) is 4.05. The van der Waals surface area contributed by atoms with Gasteiger partial charge < -0.3 is 28.4 Å². The molecule has 0 aromatic heterocycles. The molecule has 0 amide bonds. The lowest BCUT2D eigenvalue weighted by Crippen LogP contribution is -2.45. The summed E-state index contributed by atoms with van der Waals surface area (Å²) in [5, 5.41) is 0. The molecule has 7 heteroatoms. The maximum Gasteiger partial charge on any atom is 0.190 e. The van der Waals surface area contributed by atoms with E-state index in [-0.39, 0.29) is 6.61 Å². The SMILES string of the molecule is C#CCO[C@@H]1[C@H]2OC(C)(C)O[C@H]2O[C@@H]1[C@@H](COCc1ccccc1)OCc1ccccc1Br. The highest BCUT2D eigenvalue weighted by molar-refractivity contribution is 9.10. The van der Waals surface area contributed by atoms with Gasteiger partial charge in [-0.1, -0.05) is 70.4 Å². The summed E-state index contributed by atoms with van der Waals surface area (Å²) in [6.45, 7) is 5.00. The van der Waals surface area contributed by atoms with Gasteiger partial charge in [-0.05, 0) is 31.0 Å². The van der Waals surface area contributed by atoms with Crippen LogP contribution in [0.5, 0.6) is 0 Å². The maximum atomic E-state index is 6.34. The molecule has 2 aliphatic rings. The lowest BCUT2D eigenvalue weighted by Gasteiger charge is -2.30. The molecular weight excluding hydrogens is 488 g/mol. The largest absolute Gasteiger partial charge is 0.374 e. The second-order valence-electron chi connectivity index (χ2n) is 8.49. The number of fused-ring (bicyclic) bond motifs is 1. The quantitative estimate of drug-likeness (QED) is 0.435. The zero-order valence-corrected chi connectivity index (χ0v) is 20.4. The minimum absolute atomic E-state index is 0.138. The van der Waals surface area contributed by atoms with Crippen LogP contribution in [0.15, 0.2) is 59.1 Å². The number of ether oxygens (including phenoxy) is 6. The highest BCUT2D eigenvalue weighted by Crippen LogP contribution is 2.40. The van der Waals surface area contributed by atoms with Crippen molar-refractivity contribution in [3.05, 3.63) is 70.2 Å². The number of rotatable bonds is 10. The third-order valence-corrected chi connectivity index (χ3v) is 6.33. The first-order valence-corrected chi connectivity index (χ1v) is 11.8. The molecule has 33 heavy (non-hydrogen) atoms. The third kappa shape index (κ3) is 6.23. The molecule has 2 fully saturated rings. The molecule has 2 saturated heterocycles. The molecule has 2 aromatic carbocycles. The van der Waals surface area contributed by atoms with Gasteiger partial charge in [0.05, 0.1) is 19.8 Å². The third-order valence-electron chi connectivity index (χ3n) is 5.56. The van der Waals surface area contributed by atoms with Crippen LogP contribution in [0.25, 0.3) is 0 Å². The Morgan fingerprint density at radius 3 is 2.58 bits per heavy atom. The second kappa shape index (κ2) is 11.1. The van der Waals surface area contributed by atoms with Crippen molar-refractivity contribution in [3.63, 3.8) is 0 Å². The Morgan fingerprint density at radius 1 is 1.06 bits per heavy atom. The fraction of sp³-hybridized carbons (Fsp3) is 0.462. The Balaban J connectivity index is 1.49. The summed E-state index contributed by atoms with van der Waals surface area (Å²) in [6.07, 6.45) is 3.16. The van der Waals surface area contributed by atoms with Gasteiger partial charge in [0.25, 0.3) is 0 Å². The summed E-state index contributed by atoms with van der Waals surface area (Å²) in [6, 6.07) is 17.9. The molecule has 4 rings (SSSR count). The van der Waals surface area contributed by atoms with Crippen LogP contribution in [-0.4, -0.2) is 49.7 Å². The summed E-state index contributed by atoms with van der Waals surface area (Å²) in [7, 11) is 0. The van der Waals surface area contributed by atoms with Crippen molar-refractivity contribution in [2.45, 2.75) is 63.6 Å². The summed E-state index contributed by atoms with van der Waals surface area (Å²) in [5.41, 5.74) is 2.11. The molecule has 0 bridgehead atoms. The van der Waals surface area contributed by atoms with Crippen molar-refractivity contribution in [3.8, 4) is 12.3 Å². The van der Waals surface area contributed by atoms with E-state index in [4.69, 9.17) is 34.8 Å². The lowest BCUT2D eigenvalue weighted by atomic mass is 10.1. The fourth-order valence-corrected chi connectivity index (χ4v) is 4.45. The highest BCUT2D eigenvalue weighted by atomic mass is 79.9. The Bertz CT molecular complexity index is 943. The van der Waals surface area contributed by atoms with E-state index in [1.54, 1.807) is 0 Å². The van der Waals surface area contributed by atoms with Gasteiger partial charge in [0.2, 0.25) is 0 Å². The van der Waals surface area contributed by atoms with Gasteiger partial charge in [-0.15, -0.1) is 6.42 Å². The second-order valence-corrected chi connectivity index (χ2v) is 9.34. The molecule has 5 atom stereocenters. The number of benzene rings is 2. The maximum absolute atomic E-state index is 6.34. The Morgan fingerprint density at radius 2 is 1.82 bits per heavy atom. The number of terminal acetylenes is 1. The molecule has 0 saturated carbocycles. The first-order valence-electron chi connectivity index (χ1n) is 11.0. The topological polar surface area (TPSA) is 55.4 Å². The summed E-state index contributed by atoms with van der Waals surface area (Å²) < 4.78 is 37.6. The van der Waals surface area contributed by atoms with E-state index < -0.39 is 36.5 Å². The molecule has 176 valence electrons. The zero-order chi connectivity index (χ0) is 23.3. The molecule has 0 aliphatic carbocycles. The monoisotopic (exact) mass is 516 g/mol. The van der Waals surface area contributed by atoms with Crippen molar-refractivity contribution in [1.29, 1.82) is 0 Å². The van der Waals surface area contributed by atoms with E-state index in [2.05, 4.69) is 21.9 Å². The molecule has 0 spiro atoms. The molecule has 0 N–H and O–H groups in total. The molecule has 6 nitrogen and oxygen atoms in total. The normalized spacial score (nSPS) is 26.6. The average molecular weight is 517 g/mol. The number of halogens is 1. The Kier molecular flexibility index (Phi) is 8.20. The minimum atomic E-state index is -0.757. The van der Waals surface area contributed by atoms with Crippen LogP contribution >= 0.6 is 15.9 Å². The van der Waals surface area contributed by atoms with Gasteiger partial charge >= 0.3 is 0 Å². The average Bonchev–Trinajstić information content (AvgIpc) is 3.28. The van der Waals surface area contributed by atoms with Gasteiger partial charge in [0.1, 0.15) is 31.0 Å². The molecular formula is C26H29BrO6. The smallest absolute Gasteiger partial charge is 0.190 e. The predicted molar refractivity (Wildman–Crippen MR) is 126 cm³/mol. The van der Waals surface area contributed by atoms with E-state index in [1.807, 2.05) is 68.4 Å². The van der Waals surface area contributed by atoms with Crippen molar-refractivity contribution >= 4 is 15.9 Å². The highest BCUT2D eigenvalue weighted by Gasteiger charge is 2.57. The summed E-state index contributed by atoms with van der Waals surface area (Å²) in [4.78, 5) is 0. The van der Waals surface area contributed by atoms with Crippen LogP contribution in [0.1, 0.15) is 25.0 Å². The van der Waals surface area contributed by atoms with Crippen LogP contribution in [-0.2, 0) is 41.6 Å². The standard InChI is InChI=1S/C26H29BrO6/c1-4-14-29-23-22(31-25-24(23)32-26(2,3)33-25)21(17-28-15-18-10-6-5-7-11-18)30-16-19-12-8-9-13-20(19)27/h1,5-13,21-25H,14-17H2,2-3H3/t21-,22-,23+,24-,25-/m1/s1. The zero-order valence-electron chi connectivity index (χ0n) is 18.8. The van der Waals surface area contributed by atoms with Gasteiger partial charge in [-0.25, -0.2) is 0 Å². The molecule has 2 aliphatic heterocycles. The summed E-state index contributed by atoms with van der Waals surface area (Å²) >= 11 is 3.58. The van der Waals surface area contributed by atoms with Crippen molar-refractivity contribution < 1.29 is 28.4 Å². The van der Waals surface area contributed by atoms with Gasteiger partial charge in [-0.3, -0.25) is 0 Å². The summed E-state index contributed by atoms with van der Waals surface area (Å²) in [5.74, 6) is 1.78. The van der Waals surface area contributed by atoms with Crippen molar-refractivity contribution in [2.75, 3.05) is 13.2 Å². The molecule has 2 aromatic rings. The molecule has 0 unspecified atom stereocenters. The van der Waals surface area contributed by atoms with Gasteiger partial charge in [0.15, 0.2) is 12.1 Å². The van der Waals surface area contributed by atoms with Crippen molar-refractivity contribution in [2.24, 2.45) is 0 Å².